The van der Waals surface area contributed by atoms with Gasteiger partial charge in [-0.25, -0.2) is 18.1 Å². The maximum Gasteiger partial charge on any atom is 0.290 e. The fraction of sp³-hybridized carbons (Fsp3) is 0.176. The first-order valence-electron chi connectivity index (χ1n) is 8.16. The average molecular weight is 436 g/mol. The van der Waals surface area contributed by atoms with Crippen molar-refractivity contribution >= 4 is 39.1 Å². The largest absolute Gasteiger partial charge is 0.483 e. The molecule has 0 aliphatic carbocycles. The maximum atomic E-state index is 12.7. The highest BCUT2D eigenvalue weighted by molar-refractivity contribution is 7.89. The molecular weight excluding hydrogens is 420 g/mol. The highest BCUT2D eigenvalue weighted by Gasteiger charge is 2.22. The summed E-state index contributed by atoms with van der Waals surface area (Å²) in [5.74, 6) is 0.795. The van der Waals surface area contributed by atoms with E-state index in [1.165, 1.54) is 11.3 Å². The summed E-state index contributed by atoms with van der Waals surface area (Å²) in [4.78, 5) is 18.1. The van der Waals surface area contributed by atoms with Crippen LogP contribution in [0.4, 0.5) is 0 Å². The molecule has 0 aromatic carbocycles. The van der Waals surface area contributed by atoms with E-state index in [-0.39, 0.29) is 23.8 Å². The summed E-state index contributed by atoms with van der Waals surface area (Å²) in [6.45, 7) is 3.24. The van der Waals surface area contributed by atoms with Crippen LogP contribution in [-0.2, 0) is 21.4 Å². The molecule has 0 atom stereocenters. The topological polar surface area (TPSA) is 148 Å². The minimum atomic E-state index is -3.73. The van der Waals surface area contributed by atoms with E-state index in [9.17, 15) is 8.42 Å². The Bertz CT molecular complexity index is 1210. The first-order chi connectivity index (χ1) is 13.8. The van der Waals surface area contributed by atoms with Crippen molar-refractivity contribution in [2.24, 2.45) is 0 Å². The van der Waals surface area contributed by atoms with Crippen LogP contribution in [0.2, 0.25) is 0 Å². The van der Waals surface area contributed by atoms with Crippen LogP contribution in [0, 0.1) is 13.8 Å². The fourth-order valence-corrected chi connectivity index (χ4v) is 4.97. The molecule has 29 heavy (non-hydrogen) atoms. The number of oxazole rings is 1. The molecule has 0 saturated heterocycles. The Morgan fingerprint density at radius 2 is 2.07 bits per heavy atom. The summed E-state index contributed by atoms with van der Waals surface area (Å²) in [6.07, 6.45) is 1.60. The van der Waals surface area contributed by atoms with E-state index in [2.05, 4.69) is 19.8 Å². The van der Waals surface area contributed by atoms with Gasteiger partial charge in [0.1, 0.15) is 0 Å². The van der Waals surface area contributed by atoms with E-state index < -0.39 is 10.0 Å². The highest BCUT2D eigenvalue weighted by Crippen LogP contribution is 2.33. The number of rotatable bonds is 5. The number of sulfonamides is 1. The Balaban J connectivity index is 0.000000755. The predicted molar refractivity (Wildman–Crippen MR) is 104 cm³/mol. The lowest BCUT2D eigenvalue weighted by Crippen LogP contribution is -2.23. The molecule has 12 heteroatoms. The zero-order valence-electron chi connectivity index (χ0n) is 15.3. The molecule has 0 saturated carbocycles. The van der Waals surface area contributed by atoms with Gasteiger partial charge >= 0.3 is 0 Å². The van der Waals surface area contributed by atoms with Crippen molar-refractivity contribution in [3.63, 3.8) is 0 Å². The van der Waals surface area contributed by atoms with Crippen molar-refractivity contribution in [3.05, 3.63) is 46.9 Å². The van der Waals surface area contributed by atoms with Gasteiger partial charge < -0.3 is 14.0 Å². The van der Waals surface area contributed by atoms with Gasteiger partial charge in [-0.05, 0) is 32.0 Å². The van der Waals surface area contributed by atoms with Crippen molar-refractivity contribution in [2.45, 2.75) is 25.3 Å². The molecule has 0 spiro atoms. The van der Waals surface area contributed by atoms with Crippen LogP contribution in [0.1, 0.15) is 16.5 Å². The molecule has 10 nitrogen and oxygen atoms in total. The molecule has 0 aliphatic heterocycles. The molecular formula is C17H16N4O6S2. The Kier molecular flexibility index (Phi) is 6.06. The Labute approximate surface area is 169 Å². The summed E-state index contributed by atoms with van der Waals surface area (Å²) in [7, 11) is -3.73. The first kappa shape index (κ1) is 20.6. The molecule has 0 fully saturated rings. The third-order valence-electron chi connectivity index (χ3n) is 3.66. The summed E-state index contributed by atoms with van der Waals surface area (Å²) in [6, 6.07) is 6.79. The van der Waals surface area contributed by atoms with E-state index in [1.54, 1.807) is 37.4 Å². The van der Waals surface area contributed by atoms with Crippen LogP contribution in [0.25, 0.3) is 21.9 Å². The zero-order chi connectivity index (χ0) is 21.0. The third kappa shape index (κ3) is 4.67. The zero-order valence-corrected chi connectivity index (χ0v) is 17.0. The molecule has 2 N–H and O–H groups in total. The Morgan fingerprint density at radius 3 is 2.72 bits per heavy atom. The standard InChI is InChI=1S/C16H14N4O4S2.CH2O2/c1-9-6-12(24-20-9)13-7-14(10(2)25-13)26(21,22)18-8-15-19-16-11(23-15)4-3-5-17-16;2-1-3/h3-7,18H,8H2,1-2H3;1H,(H,2,3). The van der Waals surface area contributed by atoms with Crippen LogP contribution < -0.4 is 4.72 Å². The number of nitrogens with one attached hydrogen (secondary N) is 1. The lowest BCUT2D eigenvalue weighted by molar-refractivity contribution is -0.122. The summed E-state index contributed by atoms with van der Waals surface area (Å²) < 4.78 is 38.5. The Hall–Kier alpha value is -3.09. The Morgan fingerprint density at radius 1 is 1.31 bits per heavy atom. The third-order valence-corrected chi connectivity index (χ3v) is 6.38. The average Bonchev–Trinajstić information content (AvgIpc) is 3.38. The van der Waals surface area contributed by atoms with Crippen molar-refractivity contribution in [1.82, 2.24) is 19.8 Å². The van der Waals surface area contributed by atoms with Crippen LogP contribution in [-0.4, -0.2) is 35.1 Å². The number of aryl methyl sites for hydroxylation is 2. The first-order valence-corrected chi connectivity index (χ1v) is 10.5. The van der Waals surface area contributed by atoms with Gasteiger partial charge in [-0.2, -0.15) is 4.98 Å². The second-order valence-electron chi connectivity index (χ2n) is 5.73. The minimum absolute atomic E-state index is 0.0648. The molecule has 0 unspecified atom stereocenters. The van der Waals surface area contributed by atoms with Crippen LogP contribution >= 0.6 is 11.3 Å². The van der Waals surface area contributed by atoms with Gasteiger partial charge in [0.15, 0.2) is 17.0 Å². The summed E-state index contributed by atoms with van der Waals surface area (Å²) in [5.41, 5.74) is 1.69. The van der Waals surface area contributed by atoms with Gasteiger partial charge in [0.05, 0.1) is 22.0 Å². The summed E-state index contributed by atoms with van der Waals surface area (Å²) >= 11 is 1.33. The molecule has 4 heterocycles. The normalized spacial score (nSPS) is 11.2. The van der Waals surface area contributed by atoms with Gasteiger partial charge in [-0.15, -0.1) is 11.3 Å². The van der Waals surface area contributed by atoms with Crippen LogP contribution in [0.3, 0.4) is 0 Å². The number of aromatic nitrogens is 3. The van der Waals surface area contributed by atoms with Crippen LogP contribution in [0.15, 0.2) is 44.3 Å². The number of fused-ring (bicyclic) bond motifs is 1. The van der Waals surface area contributed by atoms with Crippen molar-refractivity contribution in [2.75, 3.05) is 0 Å². The quantitative estimate of drug-likeness (QED) is 0.450. The van der Waals surface area contributed by atoms with E-state index in [0.717, 1.165) is 5.69 Å². The molecule has 152 valence electrons. The number of thiophene rings is 1. The second kappa shape index (κ2) is 8.51. The smallest absolute Gasteiger partial charge is 0.290 e. The molecule has 0 bridgehead atoms. The van der Waals surface area contributed by atoms with Gasteiger partial charge in [0.2, 0.25) is 15.9 Å². The van der Waals surface area contributed by atoms with E-state index in [4.69, 9.17) is 18.8 Å². The number of pyridine rings is 1. The lowest BCUT2D eigenvalue weighted by atomic mass is 10.3. The molecule has 0 aliphatic rings. The lowest BCUT2D eigenvalue weighted by Gasteiger charge is -2.03. The van der Waals surface area contributed by atoms with Crippen molar-refractivity contribution in [3.8, 4) is 10.6 Å². The van der Waals surface area contributed by atoms with Gasteiger partial charge in [-0.3, -0.25) is 4.79 Å². The highest BCUT2D eigenvalue weighted by atomic mass is 32.2. The number of hydrogen-bond acceptors (Lipinski definition) is 9. The number of hydrogen-bond donors (Lipinski definition) is 2. The molecule has 0 amide bonds. The van der Waals surface area contributed by atoms with Gasteiger partial charge in [-0.1, -0.05) is 5.16 Å². The second-order valence-corrected chi connectivity index (χ2v) is 8.72. The van der Waals surface area contributed by atoms with E-state index >= 15 is 0 Å². The SMILES string of the molecule is Cc1cc(-c2cc(S(=O)(=O)NCc3nc4ncccc4o3)c(C)s2)on1.O=CO. The number of carbonyl (C=O) groups is 1. The van der Waals surface area contributed by atoms with Gasteiger partial charge in [0.25, 0.3) is 6.47 Å². The molecule has 4 rings (SSSR count). The molecule has 4 aromatic rings. The van der Waals surface area contributed by atoms with Crippen LogP contribution in [0.5, 0.6) is 0 Å². The van der Waals surface area contributed by atoms with Crippen molar-refractivity contribution < 1.29 is 27.3 Å². The molecule has 0 radical (unpaired) electrons. The minimum Gasteiger partial charge on any atom is -0.483 e. The van der Waals surface area contributed by atoms with Gasteiger partial charge in [0, 0.05) is 17.1 Å². The molecule has 4 aromatic heterocycles. The number of carboxylic acid groups (broad SMARTS) is 1. The van der Waals surface area contributed by atoms with Crippen molar-refractivity contribution in [1.29, 1.82) is 0 Å². The monoisotopic (exact) mass is 436 g/mol. The summed E-state index contributed by atoms with van der Waals surface area (Å²) in [5, 5.41) is 10.7. The van der Waals surface area contributed by atoms with E-state index in [1.807, 2.05) is 6.92 Å². The number of nitrogens with zero attached hydrogens (tertiary/aromatic N) is 3. The maximum absolute atomic E-state index is 12.7. The predicted octanol–water partition coefficient (Wildman–Crippen LogP) is 2.74. The van der Waals surface area contributed by atoms with E-state index in [0.29, 0.717) is 26.7 Å². The fourth-order valence-electron chi connectivity index (χ4n) is 2.46.